The van der Waals surface area contributed by atoms with Crippen LogP contribution in [0, 0.1) is 0 Å². The SMILES string of the molecule is C1=C(CCc2ccccc2)c2c(ccc3ccccc23)C1. The molecule has 0 aliphatic heterocycles. The van der Waals surface area contributed by atoms with Crippen LogP contribution in [0.15, 0.2) is 72.8 Å². The average molecular weight is 270 g/mol. The van der Waals surface area contributed by atoms with Gasteiger partial charge in [-0.2, -0.15) is 0 Å². The molecule has 0 spiro atoms. The van der Waals surface area contributed by atoms with E-state index in [1.54, 1.807) is 0 Å². The summed E-state index contributed by atoms with van der Waals surface area (Å²) in [5.74, 6) is 0. The van der Waals surface area contributed by atoms with E-state index in [0.29, 0.717) is 0 Å². The van der Waals surface area contributed by atoms with Gasteiger partial charge in [0.15, 0.2) is 0 Å². The van der Waals surface area contributed by atoms with Gasteiger partial charge in [-0.3, -0.25) is 0 Å². The minimum absolute atomic E-state index is 1.09. The summed E-state index contributed by atoms with van der Waals surface area (Å²) in [6, 6.07) is 24.1. The summed E-state index contributed by atoms with van der Waals surface area (Å²) >= 11 is 0. The number of benzene rings is 3. The standard InChI is InChI=1S/C21H18/c1-2-6-16(7-3-1)10-11-18-14-15-19-13-12-17-8-4-5-9-20(17)21(18)19/h1-9,12-14H,10-11,15H2. The van der Waals surface area contributed by atoms with Gasteiger partial charge in [-0.15, -0.1) is 0 Å². The Morgan fingerprint density at radius 1 is 0.714 bits per heavy atom. The van der Waals surface area contributed by atoms with Crippen molar-refractivity contribution in [3.63, 3.8) is 0 Å². The third-order valence-electron chi connectivity index (χ3n) is 4.43. The first-order chi connectivity index (χ1) is 10.4. The predicted octanol–water partition coefficient (Wildman–Crippen LogP) is 5.41. The van der Waals surface area contributed by atoms with Crippen LogP contribution in [0.4, 0.5) is 0 Å². The molecule has 0 saturated heterocycles. The molecule has 0 heterocycles. The Hall–Kier alpha value is -2.34. The van der Waals surface area contributed by atoms with Crippen LogP contribution in [0.25, 0.3) is 16.3 Å². The Morgan fingerprint density at radius 2 is 1.52 bits per heavy atom. The van der Waals surface area contributed by atoms with Crippen LogP contribution >= 0.6 is 0 Å². The predicted molar refractivity (Wildman–Crippen MR) is 90.4 cm³/mol. The Balaban J connectivity index is 1.67. The van der Waals surface area contributed by atoms with Crippen LogP contribution in [0.1, 0.15) is 23.1 Å². The topological polar surface area (TPSA) is 0 Å². The van der Waals surface area contributed by atoms with Crippen molar-refractivity contribution in [1.29, 1.82) is 0 Å². The lowest BCUT2D eigenvalue weighted by atomic mass is 9.94. The normalized spacial score (nSPS) is 13.2. The second kappa shape index (κ2) is 5.21. The van der Waals surface area contributed by atoms with Gasteiger partial charge in [0, 0.05) is 0 Å². The maximum absolute atomic E-state index is 2.42. The van der Waals surface area contributed by atoms with Gasteiger partial charge in [-0.25, -0.2) is 0 Å². The summed E-state index contributed by atoms with van der Waals surface area (Å²) in [6.07, 6.45) is 5.75. The molecule has 0 amide bonds. The molecule has 102 valence electrons. The number of fused-ring (bicyclic) bond motifs is 3. The second-order valence-corrected chi connectivity index (χ2v) is 5.74. The fourth-order valence-corrected chi connectivity index (χ4v) is 3.35. The van der Waals surface area contributed by atoms with Gasteiger partial charge >= 0.3 is 0 Å². The van der Waals surface area contributed by atoms with Gasteiger partial charge in [-0.1, -0.05) is 72.8 Å². The summed E-state index contributed by atoms with van der Waals surface area (Å²) in [5.41, 5.74) is 5.92. The summed E-state index contributed by atoms with van der Waals surface area (Å²) in [6.45, 7) is 0. The molecule has 0 bridgehead atoms. The van der Waals surface area contributed by atoms with Crippen molar-refractivity contribution in [1.82, 2.24) is 0 Å². The highest BCUT2D eigenvalue weighted by Gasteiger charge is 2.16. The minimum atomic E-state index is 1.09. The molecule has 0 fully saturated rings. The number of hydrogen-bond donors (Lipinski definition) is 0. The van der Waals surface area contributed by atoms with Crippen molar-refractivity contribution >= 4 is 16.3 Å². The first-order valence-electron chi connectivity index (χ1n) is 7.66. The van der Waals surface area contributed by atoms with E-state index in [-0.39, 0.29) is 0 Å². The molecule has 1 aliphatic carbocycles. The fraction of sp³-hybridized carbons (Fsp3) is 0.143. The van der Waals surface area contributed by atoms with Crippen LogP contribution < -0.4 is 0 Å². The van der Waals surface area contributed by atoms with Crippen molar-refractivity contribution in [2.45, 2.75) is 19.3 Å². The van der Waals surface area contributed by atoms with Crippen LogP contribution in [0.3, 0.4) is 0 Å². The van der Waals surface area contributed by atoms with Gasteiger partial charge in [0.2, 0.25) is 0 Å². The Morgan fingerprint density at radius 3 is 2.43 bits per heavy atom. The van der Waals surface area contributed by atoms with Crippen molar-refractivity contribution in [3.8, 4) is 0 Å². The molecule has 4 rings (SSSR count). The van der Waals surface area contributed by atoms with Crippen molar-refractivity contribution < 1.29 is 0 Å². The molecule has 21 heavy (non-hydrogen) atoms. The number of allylic oxidation sites excluding steroid dienone is 2. The zero-order valence-electron chi connectivity index (χ0n) is 12.0. The first kappa shape index (κ1) is 12.4. The van der Waals surface area contributed by atoms with E-state index >= 15 is 0 Å². The van der Waals surface area contributed by atoms with E-state index in [1.165, 1.54) is 33.0 Å². The largest absolute Gasteiger partial charge is 0.0763 e. The lowest BCUT2D eigenvalue weighted by Gasteiger charge is -2.10. The molecule has 0 nitrogen and oxygen atoms in total. The lowest BCUT2D eigenvalue weighted by Crippen LogP contribution is -1.90. The maximum atomic E-state index is 2.42. The maximum Gasteiger partial charge on any atom is -0.00851 e. The van der Waals surface area contributed by atoms with Gasteiger partial charge in [0.1, 0.15) is 0 Å². The molecule has 0 aromatic heterocycles. The summed E-state index contributed by atoms with van der Waals surface area (Å²) in [5, 5.41) is 2.76. The summed E-state index contributed by atoms with van der Waals surface area (Å²) in [7, 11) is 0. The lowest BCUT2D eigenvalue weighted by molar-refractivity contribution is 1.02. The molecule has 3 aromatic carbocycles. The molecule has 0 heteroatoms. The van der Waals surface area contributed by atoms with E-state index in [9.17, 15) is 0 Å². The zero-order chi connectivity index (χ0) is 14.1. The van der Waals surface area contributed by atoms with E-state index < -0.39 is 0 Å². The van der Waals surface area contributed by atoms with Crippen molar-refractivity contribution in [2.24, 2.45) is 0 Å². The van der Waals surface area contributed by atoms with Crippen LogP contribution in [0.2, 0.25) is 0 Å². The van der Waals surface area contributed by atoms with Crippen LogP contribution in [-0.2, 0) is 12.8 Å². The molecule has 0 atom stereocenters. The third kappa shape index (κ3) is 2.27. The molecular formula is C21H18. The van der Waals surface area contributed by atoms with Gasteiger partial charge < -0.3 is 0 Å². The molecule has 0 N–H and O–H groups in total. The Labute approximate surface area is 125 Å². The smallest absolute Gasteiger partial charge is 0.00851 e. The van der Waals surface area contributed by atoms with Crippen molar-refractivity contribution in [2.75, 3.05) is 0 Å². The second-order valence-electron chi connectivity index (χ2n) is 5.74. The molecule has 0 radical (unpaired) electrons. The fourth-order valence-electron chi connectivity index (χ4n) is 3.35. The van der Waals surface area contributed by atoms with Gasteiger partial charge in [0.25, 0.3) is 0 Å². The van der Waals surface area contributed by atoms with Crippen LogP contribution in [0.5, 0.6) is 0 Å². The monoisotopic (exact) mass is 270 g/mol. The average Bonchev–Trinajstić information content (AvgIpc) is 2.97. The van der Waals surface area contributed by atoms with E-state index in [2.05, 4.69) is 72.8 Å². The third-order valence-corrected chi connectivity index (χ3v) is 4.43. The molecule has 0 unspecified atom stereocenters. The van der Waals surface area contributed by atoms with E-state index in [1.807, 2.05) is 0 Å². The van der Waals surface area contributed by atoms with Crippen LogP contribution in [-0.4, -0.2) is 0 Å². The van der Waals surface area contributed by atoms with Gasteiger partial charge in [0.05, 0.1) is 0 Å². The molecule has 1 aliphatic rings. The highest BCUT2D eigenvalue weighted by Crippen LogP contribution is 2.36. The van der Waals surface area contributed by atoms with Crippen molar-refractivity contribution in [3.05, 3.63) is 89.5 Å². The number of rotatable bonds is 3. The minimum Gasteiger partial charge on any atom is -0.0763 e. The molecular weight excluding hydrogens is 252 g/mol. The first-order valence-corrected chi connectivity index (χ1v) is 7.66. The van der Waals surface area contributed by atoms with E-state index in [0.717, 1.165) is 19.3 Å². The summed E-state index contributed by atoms with van der Waals surface area (Å²) < 4.78 is 0. The van der Waals surface area contributed by atoms with E-state index in [4.69, 9.17) is 0 Å². The Bertz CT molecular complexity index is 810. The summed E-state index contributed by atoms with van der Waals surface area (Å²) in [4.78, 5) is 0. The number of hydrogen-bond acceptors (Lipinski definition) is 0. The molecule has 0 saturated carbocycles. The highest BCUT2D eigenvalue weighted by atomic mass is 14.2. The van der Waals surface area contributed by atoms with Gasteiger partial charge in [-0.05, 0) is 52.3 Å². The highest BCUT2D eigenvalue weighted by molar-refractivity contribution is 5.96. The Kier molecular flexibility index (Phi) is 3.08. The molecule has 3 aromatic rings. The zero-order valence-corrected chi connectivity index (χ0v) is 12.0. The quantitative estimate of drug-likeness (QED) is 0.596. The number of aryl methyl sites for hydroxylation is 1.